The van der Waals surface area contributed by atoms with Crippen LogP contribution < -0.4 is 10.6 Å². The van der Waals surface area contributed by atoms with Crippen molar-refractivity contribution in [3.63, 3.8) is 0 Å². The summed E-state index contributed by atoms with van der Waals surface area (Å²) in [5, 5.41) is 7.13. The van der Waals surface area contributed by atoms with Crippen molar-refractivity contribution in [3.05, 3.63) is 0 Å². The number of hydrogen-bond donors (Lipinski definition) is 2. The second-order valence-electron chi connectivity index (χ2n) is 32.3. The highest BCUT2D eigenvalue weighted by Gasteiger charge is 2.25. The van der Waals surface area contributed by atoms with Crippen LogP contribution in [-0.2, 0) is 28.4 Å². The minimum atomic E-state index is 0.148. The van der Waals surface area contributed by atoms with E-state index in [9.17, 15) is 0 Å². The lowest BCUT2D eigenvalue weighted by molar-refractivity contribution is -0.0214. The van der Waals surface area contributed by atoms with E-state index in [4.69, 9.17) is 28.4 Å². The molecule has 1 aliphatic carbocycles. The van der Waals surface area contributed by atoms with Crippen LogP contribution in [0.1, 0.15) is 378 Å². The lowest BCUT2D eigenvalue weighted by Gasteiger charge is -2.23. The van der Waals surface area contributed by atoms with Gasteiger partial charge in [0.25, 0.3) is 0 Å². The summed E-state index contributed by atoms with van der Waals surface area (Å²) in [4.78, 5) is 0. The summed E-state index contributed by atoms with van der Waals surface area (Å²) in [6.07, 6.45) is 61.6. The molecule has 11 atom stereocenters. The molecule has 552 valence electrons. The molecule has 8 nitrogen and oxygen atoms in total. The van der Waals surface area contributed by atoms with Crippen molar-refractivity contribution in [1.82, 2.24) is 10.6 Å². The molecule has 0 aromatic rings. The summed E-state index contributed by atoms with van der Waals surface area (Å²) in [6, 6.07) is 0.581. The molecule has 0 aliphatic heterocycles. The standard InChI is InChI=1S/C84H170N2O6/c1-14-42-82(15-2)86-67-84(92-64-58-79(12)54-41-52-77(10)50-39-48-75(8)46-37-44-73(5)6)71-90-62-35-31-27-23-19-17-21-25-29-33-60-88-69-81-56-55-80(65-81)68-87-59-32-28-24-20-16-18-22-26-30-34-61-89-70-83(66-85-13)91-63-57-78(11)53-40-51-76(9)49-38-47-74(7)45-36-43-72(3)4/h72-86H,14-71H2,1-13H3/t74?,75?,76?,77?,78?,79?,80-,81+,82?,83-,84?/m1/s1. The van der Waals surface area contributed by atoms with Gasteiger partial charge in [0.2, 0.25) is 0 Å². The summed E-state index contributed by atoms with van der Waals surface area (Å²) >= 11 is 0. The lowest BCUT2D eigenvalue weighted by Crippen LogP contribution is -2.39. The van der Waals surface area contributed by atoms with Gasteiger partial charge in [0, 0.05) is 72.0 Å². The molecule has 92 heavy (non-hydrogen) atoms. The van der Waals surface area contributed by atoms with Crippen LogP contribution in [0.4, 0.5) is 0 Å². The van der Waals surface area contributed by atoms with Gasteiger partial charge in [-0.05, 0) is 137 Å². The molecule has 0 saturated heterocycles. The van der Waals surface area contributed by atoms with Crippen LogP contribution in [0.25, 0.3) is 0 Å². The Morgan fingerprint density at radius 2 is 0.609 bits per heavy atom. The highest BCUT2D eigenvalue weighted by atomic mass is 16.5. The van der Waals surface area contributed by atoms with Crippen LogP contribution in [0.3, 0.4) is 0 Å². The molecule has 0 aromatic carbocycles. The van der Waals surface area contributed by atoms with E-state index in [2.05, 4.69) is 93.7 Å². The smallest absolute Gasteiger partial charge is 0.0932 e. The Labute approximate surface area is 578 Å². The number of nitrogens with one attached hydrogen (secondary N) is 2. The van der Waals surface area contributed by atoms with E-state index in [0.29, 0.717) is 19.3 Å². The fourth-order valence-electron chi connectivity index (χ4n) is 14.5. The minimum absolute atomic E-state index is 0.148. The van der Waals surface area contributed by atoms with Gasteiger partial charge in [-0.2, -0.15) is 0 Å². The molecular weight excluding hydrogens is 1130 g/mol. The van der Waals surface area contributed by atoms with Gasteiger partial charge in [0.15, 0.2) is 0 Å². The van der Waals surface area contributed by atoms with Crippen molar-refractivity contribution in [1.29, 1.82) is 0 Å². The Hall–Kier alpha value is -0.320. The molecular formula is C84H170N2O6. The highest BCUT2D eigenvalue weighted by molar-refractivity contribution is 4.76. The van der Waals surface area contributed by atoms with Crippen LogP contribution in [-0.4, -0.2) is 104 Å². The Kier molecular flexibility index (Phi) is 64.9. The molecule has 0 heterocycles. The maximum Gasteiger partial charge on any atom is 0.0932 e. The van der Waals surface area contributed by atoms with Gasteiger partial charge in [0.05, 0.1) is 25.4 Å². The molecule has 0 aromatic heterocycles. The van der Waals surface area contributed by atoms with Crippen molar-refractivity contribution >= 4 is 0 Å². The van der Waals surface area contributed by atoms with E-state index in [0.717, 1.165) is 138 Å². The minimum Gasteiger partial charge on any atom is -0.381 e. The van der Waals surface area contributed by atoms with E-state index in [1.165, 1.54) is 283 Å². The first-order valence-corrected chi connectivity index (χ1v) is 41.7. The predicted molar refractivity (Wildman–Crippen MR) is 404 cm³/mol. The third-order valence-corrected chi connectivity index (χ3v) is 21.3. The van der Waals surface area contributed by atoms with Gasteiger partial charge in [-0.1, -0.05) is 308 Å². The predicted octanol–water partition coefficient (Wildman–Crippen LogP) is 24.4. The zero-order valence-corrected chi connectivity index (χ0v) is 65.0. The lowest BCUT2D eigenvalue weighted by atomic mass is 9.91. The zero-order chi connectivity index (χ0) is 67.2. The Morgan fingerprint density at radius 3 is 0.913 bits per heavy atom. The zero-order valence-electron chi connectivity index (χ0n) is 65.0. The molecule has 0 amide bonds. The van der Waals surface area contributed by atoms with Crippen molar-refractivity contribution in [3.8, 4) is 0 Å². The second-order valence-corrected chi connectivity index (χ2v) is 32.3. The van der Waals surface area contributed by atoms with Crippen molar-refractivity contribution < 1.29 is 28.4 Å². The molecule has 8 heteroatoms. The first-order chi connectivity index (χ1) is 44.7. The fourth-order valence-corrected chi connectivity index (χ4v) is 14.5. The first kappa shape index (κ1) is 89.7. The van der Waals surface area contributed by atoms with Crippen LogP contribution in [0.5, 0.6) is 0 Å². The van der Waals surface area contributed by atoms with Crippen LogP contribution in [0.2, 0.25) is 0 Å². The Bertz CT molecular complexity index is 1450. The monoisotopic (exact) mass is 1300 g/mol. The summed E-state index contributed by atoms with van der Waals surface area (Å²) < 4.78 is 37.6. The number of hydrogen-bond acceptors (Lipinski definition) is 8. The summed E-state index contributed by atoms with van der Waals surface area (Å²) in [5.74, 6) is 8.17. The van der Waals surface area contributed by atoms with Gasteiger partial charge in [-0.25, -0.2) is 0 Å². The van der Waals surface area contributed by atoms with E-state index in [1.807, 2.05) is 7.05 Å². The molecule has 0 radical (unpaired) electrons. The first-order valence-electron chi connectivity index (χ1n) is 41.7. The molecule has 8 unspecified atom stereocenters. The molecule has 2 N–H and O–H groups in total. The molecule has 0 bridgehead atoms. The summed E-state index contributed by atoms with van der Waals surface area (Å²) in [6.45, 7) is 39.2. The average molecular weight is 1300 g/mol. The van der Waals surface area contributed by atoms with E-state index in [1.54, 1.807) is 0 Å². The Morgan fingerprint density at radius 1 is 0.315 bits per heavy atom. The third-order valence-electron chi connectivity index (χ3n) is 21.3. The molecule has 1 fully saturated rings. The highest BCUT2D eigenvalue weighted by Crippen LogP contribution is 2.32. The number of likely N-dealkylation sites (N-methyl/N-ethyl adjacent to an activating group) is 1. The maximum absolute atomic E-state index is 6.53. The second kappa shape index (κ2) is 66.6. The molecule has 1 rings (SSSR count). The molecule has 1 saturated carbocycles. The van der Waals surface area contributed by atoms with Gasteiger partial charge < -0.3 is 39.1 Å². The fraction of sp³-hybridized carbons (Fsp3) is 1.00. The van der Waals surface area contributed by atoms with Gasteiger partial charge in [-0.15, -0.1) is 0 Å². The molecule has 1 aliphatic rings. The quantitative estimate of drug-likeness (QED) is 0.0583. The number of unbranched alkanes of at least 4 members (excludes halogenated alkanes) is 18. The molecule has 0 spiro atoms. The maximum atomic E-state index is 6.53. The van der Waals surface area contributed by atoms with E-state index >= 15 is 0 Å². The van der Waals surface area contributed by atoms with Gasteiger partial charge in [0.1, 0.15) is 0 Å². The summed E-state index contributed by atoms with van der Waals surface area (Å²) in [7, 11) is 2.02. The van der Waals surface area contributed by atoms with Gasteiger partial charge in [-0.3, -0.25) is 0 Å². The topological polar surface area (TPSA) is 79.4 Å². The number of rotatable bonds is 74. The van der Waals surface area contributed by atoms with Crippen LogP contribution in [0, 0.1) is 59.2 Å². The largest absolute Gasteiger partial charge is 0.381 e. The van der Waals surface area contributed by atoms with Crippen molar-refractivity contribution in [2.45, 2.75) is 397 Å². The van der Waals surface area contributed by atoms with E-state index < -0.39 is 0 Å². The third kappa shape index (κ3) is 60.8. The van der Waals surface area contributed by atoms with Crippen LogP contribution >= 0.6 is 0 Å². The van der Waals surface area contributed by atoms with Crippen molar-refractivity contribution in [2.75, 3.05) is 86.2 Å². The van der Waals surface area contributed by atoms with E-state index in [-0.39, 0.29) is 12.2 Å². The Balaban J connectivity index is 1.94. The number of ether oxygens (including phenoxy) is 6. The normalized spacial score (nSPS) is 17.6. The summed E-state index contributed by atoms with van der Waals surface area (Å²) in [5.41, 5.74) is 0. The average Bonchev–Trinajstić information content (AvgIpc) is 3.49. The van der Waals surface area contributed by atoms with Gasteiger partial charge >= 0.3 is 0 Å². The van der Waals surface area contributed by atoms with Crippen LogP contribution in [0.15, 0.2) is 0 Å². The SMILES string of the molecule is CCCC(CC)NCC(COCCCCCCCCCCCCOC[C@H]1CC[C@@H](COCCCCCCCCCCCCOC[C@@H](CNC)OCCC(C)CCCC(C)CCCC(C)CCCC(C)C)C1)OCCC(C)CCCC(C)CCCC(C)CCCC(C)C. The van der Waals surface area contributed by atoms with Crippen molar-refractivity contribution in [2.24, 2.45) is 59.2 Å².